The molecule has 140 valence electrons. The molecule has 0 spiro atoms. The molecule has 0 atom stereocenters. The lowest BCUT2D eigenvalue weighted by Crippen LogP contribution is -2.02. The Balaban J connectivity index is 2.01. The van der Waals surface area contributed by atoms with Crippen LogP contribution in [0.25, 0.3) is 0 Å². The highest BCUT2D eigenvalue weighted by atomic mass is 16.5. The molecule has 0 saturated heterocycles. The van der Waals surface area contributed by atoms with Crippen molar-refractivity contribution in [3.05, 3.63) is 83.4 Å². The predicted octanol–water partition coefficient (Wildman–Crippen LogP) is 7.78. The molecule has 0 aliphatic heterocycles. The first kappa shape index (κ1) is 19.0. The third kappa shape index (κ3) is 4.33. The van der Waals surface area contributed by atoms with Crippen molar-refractivity contribution in [3.63, 3.8) is 0 Å². The van der Waals surface area contributed by atoms with Crippen molar-refractivity contribution in [2.45, 2.75) is 46.5 Å². The minimum atomic E-state index is 0.398. The van der Waals surface area contributed by atoms with Gasteiger partial charge in [0.2, 0.25) is 0 Å². The van der Waals surface area contributed by atoms with Gasteiger partial charge in [-0.25, -0.2) is 0 Å². The Hall–Kier alpha value is -2.74. The molecular weight excluding hydrogens is 330 g/mol. The average molecular weight is 360 g/mol. The number of aryl methyl sites for hydroxylation is 1. The first-order valence-corrected chi connectivity index (χ1v) is 9.69. The van der Waals surface area contributed by atoms with E-state index in [2.05, 4.69) is 82.4 Å². The largest absolute Gasteiger partial charge is 0.455 e. The van der Waals surface area contributed by atoms with E-state index in [9.17, 15) is 0 Å². The summed E-state index contributed by atoms with van der Waals surface area (Å²) in [6.07, 6.45) is 0. The number of anilines is 2. The van der Waals surface area contributed by atoms with E-state index < -0.39 is 0 Å². The summed E-state index contributed by atoms with van der Waals surface area (Å²) in [6.45, 7) is 11.0. The molecule has 0 aliphatic carbocycles. The SMILES string of the molecule is Cc1ccccc1Nc1ccccc1Oc1c(C(C)C)cccc1C(C)C. The molecule has 0 aromatic heterocycles. The lowest BCUT2D eigenvalue weighted by atomic mass is 9.94. The van der Waals surface area contributed by atoms with Crippen LogP contribution < -0.4 is 10.1 Å². The summed E-state index contributed by atoms with van der Waals surface area (Å²) in [5.41, 5.74) is 5.76. The Morgan fingerprint density at radius 3 is 1.81 bits per heavy atom. The van der Waals surface area contributed by atoms with Gasteiger partial charge in [0.05, 0.1) is 5.69 Å². The summed E-state index contributed by atoms with van der Waals surface area (Å²) >= 11 is 0. The normalized spacial score (nSPS) is 11.1. The zero-order valence-corrected chi connectivity index (χ0v) is 16.9. The van der Waals surface area contributed by atoms with Gasteiger partial charge in [-0.2, -0.15) is 0 Å². The summed E-state index contributed by atoms with van der Waals surface area (Å²) < 4.78 is 6.54. The summed E-state index contributed by atoms with van der Waals surface area (Å²) in [4.78, 5) is 0. The molecule has 0 fully saturated rings. The number of rotatable bonds is 6. The van der Waals surface area contributed by atoms with Crippen LogP contribution >= 0.6 is 0 Å². The molecule has 2 heteroatoms. The van der Waals surface area contributed by atoms with Crippen molar-refractivity contribution in [3.8, 4) is 11.5 Å². The first-order valence-electron chi connectivity index (χ1n) is 9.69. The summed E-state index contributed by atoms with van der Waals surface area (Å²) in [7, 11) is 0. The Labute approximate surface area is 163 Å². The van der Waals surface area contributed by atoms with E-state index >= 15 is 0 Å². The fourth-order valence-electron chi connectivity index (χ4n) is 3.23. The molecule has 27 heavy (non-hydrogen) atoms. The number of para-hydroxylation sites is 4. The molecule has 0 bridgehead atoms. The average Bonchev–Trinajstić information content (AvgIpc) is 2.65. The molecule has 0 saturated carbocycles. The van der Waals surface area contributed by atoms with Gasteiger partial charge in [0.1, 0.15) is 5.75 Å². The molecule has 0 heterocycles. The second-order valence-corrected chi connectivity index (χ2v) is 7.61. The zero-order valence-electron chi connectivity index (χ0n) is 16.9. The van der Waals surface area contributed by atoms with Crippen LogP contribution in [-0.2, 0) is 0 Å². The fourth-order valence-corrected chi connectivity index (χ4v) is 3.23. The van der Waals surface area contributed by atoms with E-state index in [-0.39, 0.29) is 0 Å². The van der Waals surface area contributed by atoms with E-state index in [0.29, 0.717) is 11.8 Å². The lowest BCUT2D eigenvalue weighted by molar-refractivity contribution is 0.465. The summed E-state index contributed by atoms with van der Waals surface area (Å²) in [6, 6.07) is 22.9. The van der Waals surface area contributed by atoms with Gasteiger partial charge in [-0.05, 0) is 53.6 Å². The summed E-state index contributed by atoms with van der Waals surface area (Å²) in [5, 5.41) is 3.53. The molecule has 3 aromatic rings. The van der Waals surface area contributed by atoms with Gasteiger partial charge in [-0.3, -0.25) is 0 Å². The Morgan fingerprint density at radius 2 is 1.22 bits per heavy atom. The van der Waals surface area contributed by atoms with Crippen molar-refractivity contribution < 1.29 is 4.74 Å². The number of nitrogens with one attached hydrogen (secondary N) is 1. The van der Waals surface area contributed by atoms with E-state index in [1.165, 1.54) is 16.7 Å². The Morgan fingerprint density at radius 1 is 0.667 bits per heavy atom. The monoisotopic (exact) mass is 359 g/mol. The number of hydrogen-bond acceptors (Lipinski definition) is 2. The van der Waals surface area contributed by atoms with Gasteiger partial charge in [0, 0.05) is 5.69 Å². The molecule has 1 N–H and O–H groups in total. The van der Waals surface area contributed by atoms with Crippen LogP contribution in [0, 0.1) is 6.92 Å². The topological polar surface area (TPSA) is 21.3 Å². The van der Waals surface area contributed by atoms with Crippen molar-refractivity contribution in [2.24, 2.45) is 0 Å². The maximum absolute atomic E-state index is 6.54. The van der Waals surface area contributed by atoms with Gasteiger partial charge in [-0.1, -0.05) is 76.2 Å². The highest BCUT2D eigenvalue weighted by Gasteiger charge is 2.17. The standard InChI is InChI=1S/C25H29NO/c1-17(2)20-12-10-13-21(18(3)4)25(20)27-24-16-9-8-15-23(24)26-22-14-7-6-11-19(22)5/h6-18,26H,1-5H3. The molecule has 0 aliphatic rings. The second-order valence-electron chi connectivity index (χ2n) is 7.61. The van der Waals surface area contributed by atoms with Gasteiger partial charge in [0.15, 0.2) is 5.75 Å². The van der Waals surface area contributed by atoms with Crippen LogP contribution in [0.2, 0.25) is 0 Å². The van der Waals surface area contributed by atoms with Gasteiger partial charge in [-0.15, -0.1) is 0 Å². The lowest BCUT2D eigenvalue weighted by Gasteiger charge is -2.21. The van der Waals surface area contributed by atoms with E-state index in [1.54, 1.807) is 0 Å². The number of hydrogen-bond donors (Lipinski definition) is 1. The van der Waals surface area contributed by atoms with Crippen LogP contribution in [0.1, 0.15) is 56.2 Å². The molecule has 2 nitrogen and oxygen atoms in total. The molecular formula is C25H29NO. The zero-order chi connectivity index (χ0) is 19.4. The summed E-state index contributed by atoms with van der Waals surface area (Å²) in [5.74, 6) is 2.63. The maximum atomic E-state index is 6.54. The van der Waals surface area contributed by atoms with E-state index in [1.807, 2.05) is 24.3 Å². The van der Waals surface area contributed by atoms with Gasteiger partial charge < -0.3 is 10.1 Å². The second kappa shape index (κ2) is 8.30. The smallest absolute Gasteiger partial charge is 0.150 e. The maximum Gasteiger partial charge on any atom is 0.150 e. The van der Waals surface area contributed by atoms with Crippen LogP contribution in [0.3, 0.4) is 0 Å². The minimum Gasteiger partial charge on any atom is -0.455 e. The van der Waals surface area contributed by atoms with E-state index in [0.717, 1.165) is 22.9 Å². The van der Waals surface area contributed by atoms with Crippen LogP contribution in [0.5, 0.6) is 11.5 Å². The van der Waals surface area contributed by atoms with Crippen LogP contribution in [0.15, 0.2) is 66.7 Å². The van der Waals surface area contributed by atoms with Crippen molar-refractivity contribution in [1.29, 1.82) is 0 Å². The quantitative estimate of drug-likeness (QED) is 0.485. The van der Waals surface area contributed by atoms with Gasteiger partial charge in [0.25, 0.3) is 0 Å². The molecule has 0 unspecified atom stereocenters. The fraction of sp³-hybridized carbons (Fsp3) is 0.280. The Kier molecular flexibility index (Phi) is 5.85. The first-order chi connectivity index (χ1) is 13.0. The molecule has 3 rings (SSSR count). The van der Waals surface area contributed by atoms with Crippen molar-refractivity contribution in [2.75, 3.05) is 5.32 Å². The minimum absolute atomic E-state index is 0.398. The molecule has 3 aromatic carbocycles. The Bertz CT molecular complexity index is 885. The third-order valence-electron chi connectivity index (χ3n) is 4.83. The highest BCUT2D eigenvalue weighted by molar-refractivity contribution is 5.69. The number of ether oxygens (including phenoxy) is 1. The molecule has 0 amide bonds. The highest BCUT2D eigenvalue weighted by Crippen LogP contribution is 2.40. The van der Waals surface area contributed by atoms with Crippen LogP contribution in [0.4, 0.5) is 11.4 Å². The van der Waals surface area contributed by atoms with E-state index in [4.69, 9.17) is 4.74 Å². The predicted molar refractivity (Wildman–Crippen MR) is 116 cm³/mol. The third-order valence-corrected chi connectivity index (χ3v) is 4.83. The van der Waals surface area contributed by atoms with Crippen LogP contribution in [-0.4, -0.2) is 0 Å². The van der Waals surface area contributed by atoms with Gasteiger partial charge >= 0.3 is 0 Å². The van der Waals surface area contributed by atoms with Crippen molar-refractivity contribution >= 4 is 11.4 Å². The number of benzene rings is 3. The van der Waals surface area contributed by atoms with Crippen molar-refractivity contribution in [1.82, 2.24) is 0 Å². The molecule has 0 radical (unpaired) electrons.